The number of benzene rings is 1. The van der Waals surface area contributed by atoms with E-state index in [0.717, 1.165) is 11.0 Å². The van der Waals surface area contributed by atoms with Crippen LogP contribution in [0.15, 0.2) is 18.5 Å². The molecular formula is C7H4N6. The van der Waals surface area contributed by atoms with Gasteiger partial charge in [0.15, 0.2) is 0 Å². The second-order valence-corrected chi connectivity index (χ2v) is 2.59. The number of aromatic amines is 1. The first-order valence-corrected chi connectivity index (χ1v) is 3.72. The molecule has 1 N–H and O–H groups in total. The lowest BCUT2D eigenvalue weighted by Crippen LogP contribution is -1.92. The molecule has 6 nitrogen and oxygen atoms in total. The standard InChI is InChI=1S/C7H4N6/c1-2-5-7(11-13-12-10-5)6-4(1)8-3-9-6/h1-3H,(H,10,13). The minimum Gasteiger partial charge on any atom is -0.235 e. The monoisotopic (exact) mass is 172 g/mol. The maximum atomic E-state index is 4.09. The van der Waals surface area contributed by atoms with E-state index in [9.17, 15) is 0 Å². The molecule has 0 aliphatic rings. The smallest absolute Gasteiger partial charge is 0.140 e. The molecule has 0 atom stereocenters. The Labute approximate surface area is 72.0 Å². The zero-order chi connectivity index (χ0) is 8.67. The van der Waals surface area contributed by atoms with Gasteiger partial charge in [-0.1, -0.05) is 5.21 Å². The van der Waals surface area contributed by atoms with E-state index in [-0.39, 0.29) is 0 Å². The normalized spacial score (nSPS) is 11.1. The molecule has 0 amide bonds. The van der Waals surface area contributed by atoms with E-state index in [4.69, 9.17) is 0 Å². The van der Waals surface area contributed by atoms with Crippen molar-refractivity contribution in [2.75, 3.05) is 0 Å². The molecule has 0 aliphatic carbocycles. The topological polar surface area (TPSA) is 80.2 Å². The van der Waals surface area contributed by atoms with Crippen molar-refractivity contribution in [2.24, 2.45) is 0 Å². The molecule has 0 radical (unpaired) electrons. The van der Waals surface area contributed by atoms with Crippen molar-refractivity contribution in [3.05, 3.63) is 18.5 Å². The second kappa shape index (κ2) is 2.19. The summed E-state index contributed by atoms with van der Waals surface area (Å²) in [6.07, 6.45) is 1.51. The predicted octanol–water partition coefficient (Wildman–Crippen LogP) is 0.296. The summed E-state index contributed by atoms with van der Waals surface area (Å²) in [4.78, 5) is 8.14. The summed E-state index contributed by atoms with van der Waals surface area (Å²) in [6.45, 7) is 0. The van der Waals surface area contributed by atoms with Crippen molar-refractivity contribution in [2.45, 2.75) is 0 Å². The first kappa shape index (κ1) is 6.41. The van der Waals surface area contributed by atoms with Crippen LogP contribution in [0.25, 0.3) is 22.1 Å². The van der Waals surface area contributed by atoms with Crippen LogP contribution in [0.5, 0.6) is 0 Å². The molecule has 2 aromatic heterocycles. The van der Waals surface area contributed by atoms with Gasteiger partial charge in [-0.05, 0) is 12.1 Å². The number of nitrogens with one attached hydrogen (secondary N) is 1. The van der Waals surface area contributed by atoms with Crippen LogP contribution < -0.4 is 0 Å². The van der Waals surface area contributed by atoms with E-state index in [1.807, 2.05) is 12.1 Å². The third-order valence-electron chi connectivity index (χ3n) is 1.86. The number of fused-ring (bicyclic) bond motifs is 3. The average Bonchev–Trinajstić information content (AvgIpc) is 2.65. The highest BCUT2D eigenvalue weighted by atomic mass is 15.4. The summed E-state index contributed by atoms with van der Waals surface area (Å²) in [5.41, 5.74) is 2.99. The Morgan fingerprint density at radius 3 is 2.92 bits per heavy atom. The Hall–Kier alpha value is -2.11. The highest BCUT2D eigenvalue weighted by Gasteiger charge is 2.04. The average molecular weight is 172 g/mol. The molecular weight excluding hydrogens is 168 g/mol. The van der Waals surface area contributed by atoms with Crippen LogP contribution in [-0.4, -0.2) is 30.6 Å². The van der Waals surface area contributed by atoms with Gasteiger partial charge >= 0.3 is 0 Å². The number of imidazole rings is 1. The van der Waals surface area contributed by atoms with E-state index < -0.39 is 0 Å². The maximum absolute atomic E-state index is 4.09. The molecule has 62 valence electrons. The molecule has 2 heterocycles. The van der Waals surface area contributed by atoms with Gasteiger partial charge in [0, 0.05) is 0 Å². The lowest BCUT2D eigenvalue weighted by atomic mass is 10.3. The van der Waals surface area contributed by atoms with Gasteiger partial charge in [0.2, 0.25) is 0 Å². The van der Waals surface area contributed by atoms with Gasteiger partial charge in [0.05, 0.1) is 5.52 Å². The number of hydrogen-bond donors (Lipinski definition) is 1. The lowest BCUT2D eigenvalue weighted by molar-refractivity contribution is 0.798. The van der Waals surface area contributed by atoms with E-state index in [0.29, 0.717) is 11.0 Å². The summed E-state index contributed by atoms with van der Waals surface area (Å²) in [5.74, 6) is 0. The molecule has 0 bridgehead atoms. The van der Waals surface area contributed by atoms with Crippen molar-refractivity contribution in [3.8, 4) is 0 Å². The first-order chi connectivity index (χ1) is 6.45. The molecule has 0 saturated carbocycles. The number of H-pyrrole nitrogens is 1. The van der Waals surface area contributed by atoms with Gasteiger partial charge in [-0.25, -0.2) is 9.97 Å². The Bertz CT molecular complexity index is 571. The van der Waals surface area contributed by atoms with Crippen LogP contribution >= 0.6 is 0 Å². The van der Waals surface area contributed by atoms with Crippen molar-refractivity contribution in [3.63, 3.8) is 0 Å². The fourth-order valence-electron chi connectivity index (χ4n) is 1.28. The van der Waals surface area contributed by atoms with Gasteiger partial charge in [0.25, 0.3) is 0 Å². The van der Waals surface area contributed by atoms with Crippen LogP contribution in [-0.2, 0) is 0 Å². The van der Waals surface area contributed by atoms with Crippen LogP contribution in [0.3, 0.4) is 0 Å². The van der Waals surface area contributed by atoms with Crippen LogP contribution in [0.1, 0.15) is 0 Å². The van der Waals surface area contributed by atoms with Crippen LogP contribution in [0, 0.1) is 0 Å². The SMILES string of the molecule is c1nc2ccc3nn[nH]nc3c2n1. The Morgan fingerprint density at radius 2 is 1.92 bits per heavy atom. The Balaban J connectivity index is 2.65. The summed E-state index contributed by atoms with van der Waals surface area (Å²) in [6, 6.07) is 3.67. The molecule has 3 aromatic rings. The largest absolute Gasteiger partial charge is 0.235 e. The number of rotatable bonds is 0. The van der Waals surface area contributed by atoms with E-state index in [1.54, 1.807) is 0 Å². The van der Waals surface area contributed by atoms with Gasteiger partial charge < -0.3 is 0 Å². The van der Waals surface area contributed by atoms with E-state index >= 15 is 0 Å². The summed E-state index contributed by atoms with van der Waals surface area (Å²) < 4.78 is 0. The number of aromatic nitrogens is 6. The second-order valence-electron chi connectivity index (χ2n) is 2.59. The number of hydrogen-bond acceptors (Lipinski definition) is 5. The van der Waals surface area contributed by atoms with Crippen molar-refractivity contribution < 1.29 is 0 Å². The molecule has 3 rings (SSSR count). The third kappa shape index (κ3) is 0.792. The highest BCUT2D eigenvalue weighted by Crippen LogP contribution is 2.16. The Kier molecular flexibility index (Phi) is 1.08. The third-order valence-corrected chi connectivity index (χ3v) is 1.86. The zero-order valence-electron chi connectivity index (χ0n) is 6.47. The maximum Gasteiger partial charge on any atom is 0.140 e. The van der Waals surface area contributed by atoms with Gasteiger partial charge in [-0.2, -0.15) is 10.3 Å². The number of nitrogens with zero attached hydrogens (tertiary/aromatic N) is 5. The van der Waals surface area contributed by atoms with Crippen molar-refractivity contribution in [1.29, 1.82) is 0 Å². The van der Waals surface area contributed by atoms with Crippen LogP contribution in [0.4, 0.5) is 0 Å². The predicted molar refractivity (Wildman–Crippen MR) is 44.8 cm³/mol. The molecule has 1 aromatic carbocycles. The van der Waals surface area contributed by atoms with Crippen LogP contribution in [0.2, 0.25) is 0 Å². The fourth-order valence-corrected chi connectivity index (χ4v) is 1.28. The summed E-state index contributed by atoms with van der Waals surface area (Å²) in [5, 5.41) is 13.9. The summed E-state index contributed by atoms with van der Waals surface area (Å²) >= 11 is 0. The first-order valence-electron chi connectivity index (χ1n) is 3.72. The molecule has 0 spiro atoms. The molecule has 0 aliphatic heterocycles. The molecule has 0 fully saturated rings. The molecule has 13 heavy (non-hydrogen) atoms. The quantitative estimate of drug-likeness (QED) is 0.527. The zero-order valence-corrected chi connectivity index (χ0v) is 6.47. The minimum absolute atomic E-state index is 0.699. The fraction of sp³-hybridized carbons (Fsp3) is 0. The Morgan fingerprint density at radius 1 is 1.00 bits per heavy atom. The van der Waals surface area contributed by atoms with Crippen molar-refractivity contribution in [1.82, 2.24) is 30.6 Å². The lowest BCUT2D eigenvalue weighted by Gasteiger charge is -1.93. The molecule has 6 heteroatoms. The molecule has 0 saturated heterocycles. The van der Waals surface area contributed by atoms with Gasteiger partial charge in [-0.15, -0.1) is 5.10 Å². The summed E-state index contributed by atoms with van der Waals surface area (Å²) in [7, 11) is 0. The highest BCUT2D eigenvalue weighted by molar-refractivity contribution is 5.98. The van der Waals surface area contributed by atoms with E-state index in [1.165, 1.54) is 6.33 Å². The van der Waals surface area contributed by atoms with Gasteiger partial charge in [0.1, 0.15) is 22.9 Å². The molecule has 0 unspecified atom stereocenters. The van der Waals surface area contributed by atoms with E-state index in [2.05, 4.69) is 30.6 Å². The minimum atomic E-state index is 0.699. The van der Waals surface area contributed by atoms with Crippen molar-refractivity contribution >= 4 is 22.1 Å². The van der Waals surface area contributed by atoms with Gasteiger partial charge in [-0.3, -0.25) is 0 Å².